The van der Waals surface area contributed by atoms with E-state index in [2.05, 4.69) is 17.1 Å². The van der Waals surface area contributed by atoms with Crippen LogP contribution in [0.1, 0.15) is 46.8 Å². The fourth-order valence-corrected chi connectivity index (χ4v) is 5.23. The summed E-state index contributed by atoms with van der Waals surface area (Å²) in [5.74, 6) is -0.430. The highest BCUT2D eigenvalue weighted by Crippen LogP contribution is 2.28. The van der Waals surface area contributed by atoms with Crippen molar-refractivity contribution in [3.8, 4) is 17.2 Å². The van der Waals surface area contributed by atoms with E-state index in [1.807, 2.05) is 6.07 Å². The zero-order valence-corrected chi connectivity index (χ0v) is 23.8. The summed E-state index contributed by atoms with van der Waals surface area (Å²) < 4.78 is 40.6. The molecule has 0 saturated carbocycles. The predicted octanol–water partition coefficient (Wildman–Crippen LogP) is 5.30. The van der Waals surface area contributed by atoms with Gasteiger partial charge in [0.25, 0.3) is 11.5 Å². The van der Waals surface area contributed by atoms with Crippen LogP contribution in [-0.4, -0.2) is 58.8 Å². The third kappa shape index (κ3) is 7.75. The minimum atomic E-state index is -4.65. The van der Waals surface area contributed by atoms with E-state index in [1.165, 1.54) is 30.3 Å². The SMILES string of the molecule is C[C@H]1CCCN(Cc2cc(C(=O)Nc3cccc(-c4ccc(C#N)cc4C(=N)N(C)C=N)c3)c(=O)n(CC(F)(F)F)c2)C1. The van der Waals surface area contributed by atoms with E-state index in [4.69, 9.17) is 10.8 Å². The van der Waals surface area contributed by atoms with Gasteiger partial charge in [0.05, 0.1) is 18.0 Å². The van der Waals surface area contributed by atoms with E-state index in [0.29, 0.717) is 44.8 Å². The second-order valence-electron chi connectivity index (χ2n) is 10.8. The highest BCUT2D eigenvalue weighted by molar-refractivity contribution is 6.07. The predicted molar refractivity (Wildman–Crippen MR) is 158 cm³/mol. The maximum Gasteiger partial charge on any atom is 0.406 e. The number of nitrogens with one attached hydrogen (secondary N) is 3. The van der Waals surface area contributed by atoms with Crippen molar-refractivity contribution in [1.82, 2.24) is 14.4 Å². The standard InChI is InChI=1S/C31H32F3N7O2/c1-20-5-4-10-40(15-20)16-22-12-27(30(43)41(17-22)18-31(32,33)34)29(42)38-24-7-3-6-23(13-24)25-9-8-21(14-35)11-26(25)28(37)39(2)19-36/h3,6-9,11-13,17,19-20,36-37H,4-5,10,15-16,18H2,1-2H3,(H,38,42)/t20-/m0/s1. The first-order valence-electron chi connectivity index (χ1n) is 13.7. The van der Waals surface area contributed by atoms with Crippen molar-refractivity contribution in [3.05, 3.63) is 87.3 Å². The molecule has 0 aliphatic carbocycles. The van der Waals surface area contributed by atoms with Crippen LogP contribution >= 0.6 is 0 Å². The van der Waals surface area contributed by atoms with Crippen molar-refractivity contribution < 1.29 is 18.0 Å². The molecule has 1 saturated heterocycles. The Labute approximate surface area is 247 Å². The minimum Gasteiger partial charge on any atom is -0.322 e. The quantitative estimate of drug-likeness (QED) is 0.242. The van der Waals surface area contributed by atoms with E-state index >= 15 is 0 Å². The molecule has 2 aromatic carbocycles. The van der Waals surface area contributed by atoms with Gasteiger partial charge in [0.15, 0.2) is 0 Å². The number of amidine groups is 1. The highest BCUT2D eigenvalue weighted by atomic mass is 19.4. The number of carbonyl (C=O) groups excluding carboxylic acids is 1. The number of hydrogen-bond donors (Lipinski definition) is 3. The number of rotatable bonds is 8. The van der Waals surface area contributed by atoms with Crippen LogP contribution in [0.25, 0.3) is 11.1 Å². The summed E-state index contributed by atoms with van der Waals surface area (Å²) in [6.07, 6.45) is -0.471. The number of nitrogens with zero attached hydrogens (tertiary/aromatic N) is 4. The molecular formula is C31H32F3N7O2. The van der Waals surface area contributed by atoms with Gasteiger partial charge >= 0.3 is 6.18 Å². The van der Waals surface area contributed by atoms with Crippen LogP contribution in [0.15, 0.2) is 59.5 Å². The Morgan fingerprint density at radius 3 is 2.65 bits per heavy atom. The van der Waals surface area contributed by atoms with Gasteiger partial charge in [-0.3, -0.25) is 25.3 Å². The van der Waals surface area contributed by atoms with Crippen molar-refractivity contribution in [1.29, 1.82) is 16.1 Å². The smallest absolute Gasteiger partial charge is 0.322 e. The Kier molecular flexibility index (Phi) is 9.46. The highest BCUT2D eigenvalue weighted by Gasteiger charge is 2.30. The monoisotopic (exact) mass is 591 g/mol. The van der Waals surface area contributed by atoms with Crippen LogP contribution in [0.4, 0.5) is 18.9 Å². The van der Waals surface area contributed by atoms with Gasteiger partial charge in [-0.15, -0.1) is 0 Å². The molecule has 12 heteroatoms. The molecule has 1 atom stereocenters. The van der Waals surface area contributed by atoms with Crippen molar-refractivity contribution in [2.75, 3.05) is 25.5 Å². The second-order valence-corrected chi connectivity index (χ2v) is 10.8. The zero-order valence-electron chi connectivity index (χ0n) is 23.8. The summed E-state index contributed by atoms with van der Waals surface area (Å²) in [7, 11) is 1.53. The Morgan fingerprint density at radius 2 is 1.98 bits per heavy atom. The van der Waals surface area contributed by atoms with Gasteiger partial charge in [-0.2, -0.15) is 18.4 Å². The topological polar surface area (TPSA) is 129 Å². The van der Waals surface area contributed by atoms with E-state index in [0.717, 1.165) is 32.3 Å². The normalized spacial score (nSPS) is 15.4. The lowest BCUT2D eigenvalue weighted by Crippen LogP contribution is -2.36. The lowest BCUT2D eigenvalue weighted by atomic mass is 9.96. The molecule has 1 aliphatic rings. The lowest BCUT2D eigenvalue weighted by Gasteiger charge is -2.31. The van der Waals surface area contributed by atoms with Gasteiger partial charge in [-0.25, -0.2) is 0 Å². The molecule has 1 fully saturated rings. The molecular weight excluding hydrogens is 559 g/mol. The number of anilines is 1. The zero-order chi connectivity index (χ0) is 31.3. The Morgan fingerprint density at radius 1 is 1.21 bits per heavy atom. The van der Waals surface area contributed by atoms with Crippen LogP contribution in [0.5, 0.6) is 0 Å². The molecule has 1 aromatic heterocycles. The van der Waals surface area contributed by atoms with E-state index in [1.54, 1.807) is 36.4 Å². The molecule has 43 heavy (non-hydrogen) atoms. The molecule has 4 rings (SSSR count). The number of likely N-dealkylation sites (tertiary alicyclic amines) is 1. The van der Waals surface area contributed by atoms with Crippen molar-refractivity contribution in [3.63, 3.8) is 0 Å². The van der Waals surface area contributed by atoms with Crippen LogP contribution in [-0.2, 0) is 13.1 Å². The summed E-state index contributed by atoms with van der Waals surface area (Å²) in [5, 5.41) is 28.0. The Balaban J connectivity index is 1.68. The number of nitriles is 1. The van der Waals surface area contributed by atoms with Gasteiger partial charge in [0, 0.05) is 37.6 Å². The fourth-order valence-electron chi connectivity index (χ4n) is 5.23. The first kappa shape index (κ1) is 31.2. The molecule has 1 amide bonds. The maximum atomic E-state index is 13.4. The number of benzene rings is 2. The van der Waals surface area contributed by atoms with Crippen LogP contribution in [0.2, 0.25) is 0 Å². The molecule has 0 spiro atoms. The maximum absolute atomic E-state index is 13.4. The molecule has 0 radical (unpaired) electrons. The molecule has 2 heterocycles. The van der Waals surface area contributed by atoms with Crippen LogP contribution < -0.4 is 10.9 Å². The molecule has 3 N–H and O–H groups in total. The summed E-state index contributed by atoms with van der Waals surface area (Å²) in [5.41, 5.74) is 1.10. The van der Waals surface area contributed by atoms with E-state index in [-0.39, 0.29) is 11.5 Å². The molecule has 3 aromatic rings. The second kappa shape index (κ2) is 13.0. The van der Waals surface area contributed by atoms with Crippen molar-refractivity contribution >= 4 is 23.8 Å². The number of piperidine rings is 1. The van der Waals surface area contributed by atoms with E-state index < -0.39 is 29.8 Å². The van der Waals surface area contributed by atoms with Gasteiger partial charge in [0.1, 0.15) is 17.9 Å². The lowest BCUT2D eigenvalue weighted by molar-refractivity contribution is -0.141. The fraction of sp³-hybridized carbons (Fsp3) is 0.323. The summed E-state index contributed by atoms with van der Waals surface area (Å²) in [4.78, 5) is 29.8. The number of halogens is 3. The third-order valence-corrected chi connectivity index (χ3v) is 7.27. The number of amides is 1. The summed E-state index contributed by atoms with van der Waals surface area (Å²) in [6, 6.07) is 14.7. The van der Waals surface area contributed by atoms with Gasteiger partial charge in [-0.05, 0) is 72.3 Å². The molecule has 224 valence electrons. The van der Waals surface area contributed by atoms with Gasteiger partial charge in [-0.1, -0.05) is 25.1 Å². The molecule has 0 bridgehead atoms. The number of pyridine rings is 1. The first-order valence-corrected chi connectivity index (χ1v) is 13.7. The summed E-state index contributed by atoms with van der Waals surface area (Å²) >= 11 is 0. The number of aromatic nitrogens is 1. The van der Waals surface area contributed by atoms with Gasteiger partial charge < -0.3 is 14.8 Å². The van der Waals surface area contributed by atoms with Gasteiger partial charge in [0.2, 0.25) is 0 Å². The Hall–Kier alpha value is -4.76. The van der Waals surface area contributed by atoms with Crippen LogP contribution in [0.3, 0.4) is 0 Å². The van der Waals surface area contributed by atoms with Crippen molar-refractivity contribution in [2.24, 2.45) is 5.92 Å². The van der Waals surface area contributed by atoms with E-state index in [9.17, 15) is 28.0 Å². The van der Waals surface area contributed by atoms with Crippen molar-refractivity contribution in [2.45, 2.75) is 39.0 Å². The minimum absolute atomic E-state index is 0.0262. The third-order valence-electron chi connectivity index (χ3n) is 7.27. The number of hydrogen-bond acceptors (Lipinski definition) is 6. The average molecular weight is 592 g/mol. The largest absolute Gasteiger partial charge is 0.406 e. The average Bonchev–Trinajstić information content (AvgIpc) is 2.97. The molecule has 9 nitrogen and oxygen atoms in total. The molecule has 0 unspecified atom stereocenters. The number of carbonyl (C=O) groups is 1. The first-order chi connectivity index (χ1) is 20.4. The Bertz CT molecular complexity index is 1640. The van der Waals surface area contributed by atoms with Crippen LogP contribution in [0, 0.1) is 28.1 Å². The number of alkyl halides is 3. The summed E-state index contributed by atoms with van der Waals surface area (Å²) in [6.45, 7) is 2.47. The molecule has 1 aliphatic heterocycles.